The van der Waals surface area contributed by atoms with Crippen LogP contribution in [0.3, 0.4) is 0 Å². The van der Waals surface area contributed by atoms with Gasteiger partial charge in [-0.05, 0) is 12.8 Å². The van der Waals surface area contributed by atoms with Gasteiger partial charge in [-0.25, -0.2) is 4.98 Å². The summed E-state index contributed by atoms with van der Waals surface area (Å²) in [6.07, 6.45) is 6.98. The normalized spacial score (nSPS) is 8.92. The van der Waals surface area contributed by atoms with Crippen molar-refractivity contribution in [1.82, 2.24) is 4.98 Å². The van der Waals surface area contributed by atoms with Crippen LogP contribution < -0.4 is 0 Å². The third-order valence-electron chi connectivity index (χ3n) is 1.48. The molecule has 0 spiro atoms. The minimum atomic E-state index is 1.17. The number of unbranched alkanes of at least 4 members (excludes halogenated alkanes) is 2. The van der Waals surface area contributed by atoms with Crippen LogP contribution in [0.15, 0.2) is 11.6 Å². The van der Waals surface area contributed by atoms with Crippen LogP contribution in [0.1, 0.15) is 45.0 Å². The molecule has 0 fully saturated rings. The monoisotopic (exact) mass is 185 g/mol. The smallest absolute Gasteiger partial charge is 0.0924 e. The van der Waals surface area contributed by atoms with Gasteiger partial charge >= 0.3 is 0 Å². The second-order valence-corrected chi connectivity index (χ2v) is 3.36. The fourth-order valence-electron chi connectivity index (χ4n) is 0.903. The third kappa shape index (κ3) is 5.30. The number of hydrogen-bond donors (Lipinski definition) is 0. The van der Waals surface area contributed by atoms with Gasteiger partial charge in [0.25, 0.3) is 0 Å². The van der Waals surface area contributed by atoms with Crippen LogP contribution in [0.5, 0.6) is 0 Å². The van der Waals surface area contributed by atoms with Gasteiger partial charge < -0.3 is 0 Å². The zero-order chi connectivity index (χ0) is 9.23. The van der Waals surface area contributed by atoms with Crippen molar-refractivity contribution in [2.75, 3.05) is 0 Å². The molecule has 1 heterocycles. The first-order valence-corrected chi connectivity index (χ1v) is 5.70. The van der Waals surface area contributed by atoms with Crippen LogP contribution in [0.2, 0.25) is 0 Å². The van der Waals surface area contributed by atoms with E-state index in [1.165, 1.54) is 30.7 Å². The second-order valence-electron chi connectivity index (χ2n) is 2.38. The Morgan fingerprint density at radius 1 is 1.33 bits per heavy atom. The lowest BCUT2D eigenvalue weighted by Crippen LogP contribution is -1.81. The number of aromatic nitrogens is 1. The average Bonchev–Trinajstić information content (AvgIpc) is 2.61. The average molecular weight is 185 g/mol. The lowest BCUT2D eigenvalue weighted by molar-refractivity contribution is 0.715. The Bertz CT molecular complexity index is 158. The fraction of sp³-hybridized carbons (Fsp3) is 0.700. The molecular formula is C10H19NS. The Morgan fingerprint density at radius 2 is 2.08 bits per heavy atom. The number of hydrogen-bond acceptors (Lipinski definition) is 2. The molecule has 0 unspecified atom stereocenters. The highest BCUT2D eigenvalue weighted by atomic mass is 32.1. The number of nitrogens with zero attached hydrogens (tertiary/aromatic N) is 1. The van der Waals surface area contributed by atoms with Gasteiger partial charge in [-0.15, -0.1) is 11.3 Å². The van der Waals surface area contributed by atoms with Gasteiger partial charge in [0.15, 0.2) is 0 Å². The summed E-state index contributed by atoms with van der Waals surface area (Å²) in [7, 11) is 0. The molecule has 12 heavy (non-hydrogen) atoms. The maximum atomic E-state index is 4.21. The number of thiazole rings is 1. The Morgan fingerprint density at radius 3 is 2.58 bits per heavy atom. The maximum Gasteiger partial charge on any atom is 0.0924 e. The third-order valence-corrected chi connectivity index (χ3v) is 2.32. The van der Waals surface area contributed by atoms with Crippen molar-refractivity contribution in [2.24, 2.45) is 0 Å². The van der Waals surface area contributed by atoms with Gasteiger partial charge in [0, 0.05) is 11.6 Å². The molecule has 1 nitrogen and oxygen atoms in total. The molecule has 1 aromatic heterocycles. The molecule has 0 saturated heterocycles. The van der Waals surface area contributed by atoms with E-state index in [9.17, 15) is 0 Å². The summed E-state index contributed by atoms with van der Waals surface area (Å²) in [5, 5.41) is 3.33. The lowest BCUT2D eigenvalue weighted by Gasteiger charge is -1.92. The standard InChI is InChI=1S/C8H13NS.C2H6/c1-2-3-4-5-8-9-6-7-10-8;1-2/h6-7H,2-5H2,1H3;1-2H3. The maximum absolute atomic E-state index is 4.21. The van der Waals surface area contributed by atoms with Gasteiger partial charge in [-0.2, -0.15) is 0 Å². The highest BCUT2D eigenvalue weighted by molar-refractivity contribution is 7.09. The molecule has 2 heteroatoms. The molecule has 0 saturated carbocycles. The van der Waals surface area contributed by atoms with Crippen molar-refractivity contribution in [1.29, 1.82) is 0 Å². The molecule has 0 bridgehead atoms. The van der Waals surface area contributed by atoms with Gasteiger partial charge in [0.05, 0.1) is 5.01 Å². The Kier molecular flexibility index (Phi) is 8.46. The summed E-state index contributed by atoms with van der Waals surface area (Å²) in [5.74, 6) is 0. The molecule has 0 aliphatic heterocycles. The summed E-state index contributed by atoms with van der Waals surface area (Å²) < 4.78 is 0. The van der Waals surface area contributed by atoms with Crippen LogP contribution in [0.4, 0.5) is 0 Å². The highest BCUT2D eigenvalue weighted by Crippen LogP contribution is 2.08. The lowest BCUT2D eigenvalue weighted by atomic mass is 10.2. The van der Waals surface area contributed by atoms with Crippen molar-refractivity contribution >= 4 is 11.3 Å². The predicted octanol–water partition coefficient (Wildman–Crippen LogP) is 3.90. The molecular weight excluding hydrogens is 166 g/mol. The van der Waals surface area contributed by atoms with E-state index in [0.29, 0.717) is 0 Å². The summed E-state index contributed by atoms with van der Waals surface area (Å²) in [6.45, 7) is 6.22. The zero-order valence-corrected chi connectivity index (χ0v) is 9.16. The predicted molar refractivity (Wildman–Crippen MR) is 56.7 cm³/mol. The molecule has 0 N–H and O–H groups in total. The molecule has 0 amide bonds. The molecule has 0 aliphatic carbocycles. The van der Waals surface area contributed by atoms with Crippen molar-refractivity contribution in [2.45, 2.75) is 46.5 Å². The first-order valence-electron chi connectivity index (χ1n) is 4.82. The first-order chi connectivity index (χ1) is 5.93. The van der Waals surface area contributed by atoms with E-state index in [4.69, 9.17) is 0 Å². The second kappa shape index (κ2) is 8.72. The van der Waals surface area contributed by atoms with E-state index in [1.807, 2.05) is 25.4 Å². The number of aryl methyl sites for hydroxylation is 1. The fourth-order valence-corrected chi connectivity index (χ4v) is 1.57. The topological polar surface area (TPSA) is 12.9 Å². The quantitative estimate of drug-likeness (QED) is 0.648. The highest BCUT2D eigenvalue weighted by Gasteiger charge is 1.92. The summed E-state index contributed by atoms with van der Waals surface area (Å²) in [4.78, 5) is 4.21. The van der Waals surface area contributed by atoms with Crippen LogP contribution >= 0.6 is 11.3 Å². The molecule has 0 radical (unpaired) electrons. The van der Waals surface area contributed by atoms with Crippen LogP contribution in [0.25, 0.3) is 0 Å². The largest absolute Gasteiger partial charge is 0.250 e. The van der Waals surface area contributed by atoms with E-state index in [2.05, 4.69) is 11.9 Å². The molecule has 1 aromatic rings. The Hall–Kier alpha value is -0.370. The van der Waals surface area contributed by atoms with Crippen LogP contribution in [-0.2, 0) is 6.42 Å². The summed E-state index contributed by atoms with van der Waals surface area (Å²) in [6, 6.07) is 0. The summed E-state index contributed by atoms with van der Waals surface area (Å²) in [5.41, 5.74) is 0. The number of rotatable bonds is 4. The SMILES string of the molecule is CC.CCCCCc1nccs1. The molecule has 0 aromatic carbocycles. The van der Waals surface area contributed by atoms with E-state index < -0.39 is 0 Å². The summed E-state index contributed by atoms with van der Waals surface area (Å²) >= 11 is 1.76. The molecule has 0 atom stereocenters. The van der Waals surface area contributed by atoms with Crippen molar-refractivity contribution in [3.63, 3.8) is 0 Å². The van der Waals surface area contributed by atoms with E-state index >= 15 is 0 Å². The minimum absolute atomic E-state index is 1.17. The van der Waals surface area contributed by atoms with Crippen LogP contribution in [-0.4, -0.2) is 4.98 Å². The van der Waals surface area contributed by atoms with Gasteiger partial charge in [-0.3, -0.25) is 0 Å². The Labute approximate surface area is 79.9 Å². The molecule has 70 valence electrons. The first kappa shape index (κ1) is 11.6. The van der Waals surface area contributed by atoms with E-state index in [-0.39, 0.29) is 0 Å². The molecule has 0 aliphatic rings. The zero-order valence-electron chi connectivity index (χ0n) is 8.34. The van der Waals surface area contributed by atoms with Gasteiger partial charge in [0.2, 0.25) is 0 Å². The van der Waals surface area contributed by atoms with Crippen molar-refractivity contribution in [3.8, 4) is 0 Å². The minimum Gasteiger partial charge on any atom is -0.250 e. The van der Waals surface area contributed by atoms with Crippen LogP contribution in [0, 0.1) is 0 Å². The van der Waals surface area contributed by atoms with Gasteiger partial charge in [0.1, 0.15) is 0 Å². The van der Waals surface area contributed by atoms with Crippen molar-refractivity contribution < 1.29 is 0 Å². The van der Waals surface area contributed by atoms with Gasteiger partial charge in [-0.1, -0.05) is 33.6 Å². The Balaban J connectivity index is 0.000000561. The van der Waals surface area contributed by atoms with E-state index in [0.717, 1.165) is 0 Å². The van der Waals surface area contributed by atoms with Crippen molar-refractivity contribution in [3.05, 3.63) is 16.6 Å². The van der Waals surface area contributed by atoms with E-state index in [1.54, 1.807) is 11.3 Å². The molecule has 1 rings (SSSR count).